The molecule has 0 aromatic heterocycles. The highest BCUT2D eigenvalue weighted by molar-refractivity contribution is 8.00. The molecule has 0 spiro atoms. The second-order valence-corrected chi connectivity index (χ2v) is 8.44. The van der Waals surface area contributed by atoms with E-state index in [0.29, 0.717) is 18.1 Å². The number of hydrogen-bond donors (Lipinski definition) is 1. The van der Waals surface area contributed by atoms with Gasteiger partial charge in [-0.3, -0.25) is 9.59 Å². The van der Waals surface area contributed by atoms with Crippen LogP contribution in [0.2, 0.25) is 0 Å². The Bertz CT molecular complexity index is 843. The van der Waals surface area contributed by atoms with E-state index in [0.717, 1.165) is 22.4 Å². The normalized spacial score (nSPS) is 19.9. The maximum atomic E-state index is 13.3. The molecule has 0 saturated carbocycles. The number of para-hydroxylation sites is 1. The van der Waals surface area contributed by atoms with Crippen LogP contribution in [0.4, 0.5) is 5.69 Å². The minimum Gasteiger partial charge on any atom is -0.324 e. The van der Waals surface area contributed by atoms with E-state index in [9.17, 15) is 9.59 Å². The summed E-state index contributed by atoms with van der Waals surface area (Å²) in [6.07, 6.45) is 0. The third-order valence-corrected chi connectivity index (χ3v) is 6.39. The van der Waals surface area contributed by atoms with Gasteiger partial charge in [0.1, 0.15) is 5.54 Å². The second-order valence-electron chi connectivity index (χ2n) is 7.45. The van der Waals surface area contributed by atoms with Crippen molar-refractivity contribution < 1.29 is 9.59 Å². The molecule has 0 radical (unpaired) electrons. The van der Waals surface area contributed by atoms with E-state index in [2.05, 4.69) is 5.32 Å². The Kier molecular flexibility index (Phi) is 5.61. The third-order valence-electron chi connectivity index (χ3n) is 5.18. The number of nitrogens with one attached hydrogen (secondary N) is 1. The zero-order valence-electron chi connectivity index (χ0n) is 16.3. The Balaban J connectivity index is 1.88. The van der Waals surface area contributed by atoms with E-state index in [1.807, 2.05) is 70.2 Å². The number of amides is 2. The molecule has 1 unspecified atom stereocenters. The van der Waals surface area contributed by atoms with Crippen molar-refractivity contribution in [1.82, 2.24) is 4.90 Å². The van der Waals surface area contributed by atoms with Crippen molar-refractivity contribution in [1.29, 1.82) is 0 Å². The van der Waals surface area contributed by atoms with Crippen LogP contribution in [-0.2, 0) is 16.1 Å². The average Bonchev–Trinajstić information content (AvgIpc) is 2.63. The minimum absolute atomic E-state index is 0.00554. The molecule has 2 aromatic rings. The van der Waals surface area contributed by atoms with Gasteiger partial charge in [0.05, 0.1) is 5.75 Å². The van der Waals surface area contributed by atoms with Crippen LogP contribution in [-0.4, -0.2) is 33.8 Å². The maximum absolute atomic E-state index is 13.3. The van der Waals surface area contributed by atoms with Crippen LogP contribution >= 0.6 is 11.8 Å². The van der Waals surface area contributed by atoms with Crippen molar-refractivity contribution in [3.8, 4) is 0 Å². The Morgan fingerprint density at radius 1 is 1.11 bits per heavy atom. The first-order chi connectivity index (χ1) is 12.8. The molecule has 1 aliphatic heterocycles. The summed E-state index contributed by atoms with van der Waals surface area (Å²) in [6.45, 7) is 8.31. The van der Waals surface area contributed by atoms with E-state index >= 15 is 0 Å². The highest BCUT2D eigenvalue weighted by atomic mass is 32.2. The first kappa shape index (κ1) is 19.5. The van der Waals surface area contributed by atoms with Crippen LogP contribution in [0.1, 0.15) is 29.2 Å². The number of aryl methyl sites for hydroxylation is 3. The Labute approximate surface area is 165 Å². The van der Waals surface area contributed by atoms with Gasteiger partial charge in [-0.05, 0) is 44.4 Å². The average molecular weight is 383 g/mol. The summed E-state index contributed by atoms with van der Waals surface area (Å²) in [6, 6.07) is 14.1. The zero-order chi connectivity index (χ0) is 19.6. The minimum atomic E-state index is -0.889. The molecule has 27 heavy (non-hydrogen) atoms. The van der Waals surface area contributed by atoms with Gasteiger partial charge >= 0.3 is 0 Å². The fourth-order valence-electron chi connectivity index (χ4n) is 3.35. The number of thioether (sulfide) groups is 1. The van der Waals surface area contributed by atoms with E-state index in [-0.39, 0.29) is 11.8 Å². The number of anilines is 1. The van der Waals surface area contributed by atoms with E-state index in [1.54, 1.807) is 4.90 Å². The van der Waals surface area contributed by atoms with Crippen molar-refractivity contribution in [3.63, 3.8) is 0 Å². The maximum Gasteiger partial charge on any atom is 0.250 e. The summed E-state index contributed by atoms with van der Waals surface area (Å²) in [5.74, 6) is 0.873. The molecular formula is C22H26N2O2S. The lowest BCUT2D eigenvalue weighted by Crippen LogP contribution is -2.61. The van der Waals surface area contributed by atoms with Crippen LogP contribution in [0, 0.1) is 20.8 Å². The van der Waals surface area contributed by atoms with Crippen molar-refractivity contribution in [3.05, 3.63) is 64.7 Å². The monoisotopic (exact) mass is 382 g/mol. The molecule has 1 aliphatic rings. The van der Waals surface area contributed by atoms with E-state index in [1.165, 1.54) is 17.3 Å². The fraction of sp³-hybridized carbons (Fsp3) is 0.364. The molecule has 0 bridgehead atoms. The molecular weight excluding hydrogens is 356 g/mol. The summed E-state index contributed by atoms with van der Waals surface area (Å²) < 4.78 is 0. The molecule has 4 nitrogen and oxygen atoms in total. The van der Waals surface area contributed by atoms with Crippen LogP contribution in [0.3, 0.4) is 0 Å². The smallest absolute Gasteiger partial charge is 0.250 e. The van der Waals surface area contributed by atoms with Gasteiger partial charge in [0.2, 0.25) is 5.91 Å². The Morgan fingerprint density at radius 3 is 2.37 bits per heavy atom. The molecule has 1 fully saturated rings. The second kappa shape index (κ2) is 7.77. The number of hydrogen-bond acceptors (Lipinski definition) is 3. The lowest BCUT2D eigenvalue weighted by atomic mass is 9.98. The quantitative estimate of drug-likeness (QED) is 0.867. The van der Waals surface area contributed by atoms with Crippen molar-refractivity contribution in [2.45, 2.75) is 39.8 Å². The summed E-state index contributed by atoms with van der Waals surface area (Å²) in [7, 11) is 0. The molecule has 1 saturated heterocycles. The number of rotatable bonds is 4. The van der Waals surface area contributed by atoms with E-state index in [4.69, 9.17) is 0 Å². The van der Waals surface area contributed by atoms with Crippen molar-refractivity contribution in [2.75, 3.05) is 16.8 Å². The van der Waals surface area contributed by atoms with Gasteiger partial charge in [0.15, 0.2) is 0 Å². The third kappa shape index (κ3) is 4.03. The molecule has 2 amide bonds. The fourth-order valence-corrected chi connectivity index (χ4v) is 4.47. The summed E-state index contributed by atoms with van der Waals surface area (Å²) in [5.41, 5.74) is 4.20. The Hall–Kier alpha value is -2.27. The topological polar surface area (TPSA) is 49.4 Å². The van der Waals surface area contributed by atoms with Gasteiger partial charge < -0.3 is 10.2 Å². The SMILES string of the molecule is Cc1ccc(CN2C(=O)CSCC2(C)C(=O)Nc2c(C)cccc2C)cc1. The molecule has 1 heterocycles. The zero-order valence-corrected chi connectivity index (χ0v) is 17.2. The number of nitrogens with zero attached hydrogens (tertiary/aromatic N) is 1. The highest BCUT2D eigenvalue weighted by Gasteiger charge is 2.45. The molecule has 1 atom stereocenters. The van der Waals surface area contributed by atoms with Gasteiger partial charge in [-0.1, -0.05) is 48.0 Å². The van der Waals surface area contributed by atoms with Gasteiger partial charge in [0.25, 0.3) is 5.91 Å². The first-order valence-corrected chi connectivity index (χ1v) is 10.3. The molecule has 142 valence electrons. The standard InChI is InChI=1S/C22H26N2O2S/c1-15-8-10-18(11-9-15)12-24-19(25)13-27-14-22(24,4)21(26)23-20-16(2)6-5-7-17(20)3/h5-11H,12-14H2,1-4H3,(H,23,26). The summed E-state index contributed by atoms with van der Waals surface area (Å²) in [4.78, 5) is 27.7. The first-order valence-electron chi connectivity index (χ1n) is 9.13. The molecule has 5 heteroatoms. The largest absolute Gasteiger partial charge is 0.324 e. The van der Waals surface area contributed by atoms with Gasteiger partial charge in [-0.15, -0.1) is 11.8 Å². The summed E-state index contributed by atoms with van der Waals surface area (Å²) in [5, 5.41) is 3.09. The van der Waals surface area contributed by atoms with Crippen molar-refractivity contribution in [2.24, 2.45) is 0 Å². The molecule has 2 aromatic carbocycles. The lowest BCUT2D eigenvalue weighted by Gasteiger charge is -2.43. The predicted octanol–water partition coefficient (Wildman–Crippen LogP) is 4.08. The number of benzene rings is 2. The molecule has 0 aliphatic carbocycles. The molecule has 3 rings (SSSR count). The van der Waals surface area contributed by atoms with Crippen LogP contribution < -0.4 is 5.32 Å². The summed E-state index contributed by atoms with van der Waals surface area (Å²) >= 11 is 1.52. The van der Waals surface area contributed by atoms with E-state index < -0.39 is 5.54 Å². The molecule has 1 N–H and O–H groups in total. The van der Waals surface area contributed by atoms with Crippen molar-refractivity contribution >= 4 is 29.3 Å². The Morgan fingerprint density at radius 2 is 1.74 bits per heavy atom. The predicted molar refractivity (Wildman–Crippen MR) is 112 cm³/mol. The van der Waals surface area contributed by atoms with Gasteiger partial charge in [-0.2, -0.15) is 0 Å². The van der Waals surface area contributed by atoms with Gasteiger partial charge in [0, 0.05) is 18.0 Å². The van der Waals surface area contributed by atoms with Crippen LogP contribution in [0.25, 0.3) is 0 Å². The van der Waals surface area contributed by atoms with Crippen LogP contribution in [0.15, 0.2) is 42.5 Å². The van der Waals surface area contributed by atoms with Crippen LogP contribution in [0.5, 0.6) is 0 Å². The highest BCUT2D eigenvalue weighted by Crippen LogP contribution is 2.31. The number of carbonyl (C=O) groups excluding carboxylic acids is 2. The lowest BCUT2D eigenvalue weighted by molar-refractivity contribution is -0.142. The number of carbonyl (C=O) groups is 2. The van der Waals surface area contributed by atoms with Gasteiger partial charge in [-0.25, -0.2) is 0 Å².